The summed E-state index contributed by atoms with van der Waals surface area (Å²) in [5, 5.41) is 8.18. The van der Waals surface area contributed by atoms with Crippen LogP contribution in [0, 0.1) is 0 Å². The van der Waals surface area contributed by atoms with Gasteiger partial charge in [0.1, 0.15) is 0 Å². The van der Waals surface area contributed by atoms with E-state index in [-0.39, 0.29) is 11.4 Å². The molecule has 0 saturated heterocycles. The molecule has 0 aliphatic heterocycles. The van der Waals surface area contributed by atoms with Gasteiger partial charge in [0, 0.05) is 35.3 Å². The number of amides is 2. The van der Waals surface area contributed by atoms with E-state index in [1.165, 1.54) is 16.9 Å². The van der Waals surface area contributed by atoms with E-state index >= 15 is 0 Å². The van der Waals surface area contributed by atoms with E-state index in [1.807, 2.05) is 35.7 Å². The molecule has 3 rings (SSSR count). The van der Waals surface area contributed by atoms with Crippen molar-refractivity contribution in [2.75, 3.05) is 11.9 Å². The third kappa shape index (κ3) is 4.42. The van der Waals surface area contributed by atoms with Crippen LogP contribution in [0.1, 0.15) is 19.4 Å². The molecule has 2 heterocycles. The standard InChI is InChI=1S/C19H20N4OS/c1-19(2,15-8-4-3-5-9-15)13-21-17(24)23-18-22-16(12-25-18)14-7-6-10-20-11-14/h3-12H,13H2,1-2H3,(H2,21,22,23,24). The monoisotopic (exact) mass is 352 g/mol. The molecular weight excluding hydrogens is 332 g/mol. The summed E-state index contributed by atoms with van der Waals surface area (Å²) in [6.45, 7) is 4.74. The first-order valence-corrected chi connectivity index (χ1v) is 8.89. The fourth-order valence-electron chi connectivity index (χ4n) is 2.41. The zero-order valence-corrected chi connectivity index (χ0v) is 15.0. The minimum Gasteiger partial charge on any atom is -0.337 e. The van der Waals surface area contributed by atoms with E-state index < -0.39 is 0 Å². The zero-order valence-electron chi connectivity index (χ0n) is 14.2. The van der Waals surface area contributed by atoms with Gasteiger partial charge in [0.05, 0.1) is 5.69 Å². The van der Waals surface area contributed by atoms with Crippen molar-refractivity contribution in [3.05, 3.63) is 65.8 Å². The van der Waals surface area contributed by atoms with Gasteiger partial charge in [-0.05, 0) is 17.7 Å². The summed E-state index contributed by atoms with van der Waals surface area (Å²) in [7, 11) is 0. The average molecular weight is 352 g/mol. The fourth-order valence-corrected chi connectivity index (χ4v) is 3.13. The Kier molecular flexibility index (Phi) is 5.09. The predicted octanol–water partition coefficient (Wildman–Crippen LogP) is 4.30. The van der Waals surface area contributed by atoms with E-state index in [9.17, 15) is 4.79 Å². The van der Waals surface area contributed by atoms with Crippen molar-refractivity contribution in [2.45, 2.75) is 19.3 Å². The molecule has 0 spiro atoms. The van der Waals surface area contributed by atoms with Gasteiger partial charge < -0.3 is 5.32 Å². The first-order valence-electron chi connectivity index (χ1n) is 8.01. The van der Waals surface area contributed by atoms with Gasteiger partial charge in [-0.2, -0.15) is 0 Å². The van der Waals surface area contributed by atoms with E-state index in [4.69, 9.17) is 0 Å². The summed E-state index contributed by atoms with van der Waals surface area (Å²) >= 11 is 1.39. The third-order valence-electron chi connectivity index (χ3n) is 3.93. The number of anilines is 1. The number of urea groups is 1. The molecule has 0 aliphatic rings. The number of nitrogens with one attached hydrogen (secondary N) is 2. The Morgan fingerprint density at radius 1 is 1.16 bits per heavy atom. The SMILES string of the molecule is CC(C)(CNC(=O)Nc1nc(-c2cccnc2)cs1)c1ccccc1. The van der Waals surface area contributed by atoms with Gasteiger partial charge >= 0.3 is 6.03 Å². The van der Waals surface area contributed by atoms with Gasteiger partial charge in [-0.25, -0.2) is 9.78 Å². The normalized spacial score (nSPS) is 11.1. The highest BCUT2D eigenvalue weighted by Crippen LogP contribution is 2.24. The van der Waals surface area contributed by atoms with Crippen molar-refractivity contribution in [3.63, 3.8) is 0 Å². The molecule has 2 aromatic heterocycles. The third-order valence-corrected chi connectivity index (χ3v) is 4.69. The Bertz CT molecular complexity index is 831. The van der Waals surface area contributed by atoms with Crippen molar-refractivity contribution in [1.29, 1.82) is 0 Å². The lowest BCUT2D eigenvalue weighted by Crippen LogP contribution is -2.38. The lowest BCUT2D eigenvalue weighted by Gasteiger charge is -2.25. The van der Waals surface area contributed by atoms with E-state index in [0.717, 1.165) is 11.3 Å². The number of thiazole rings is 1. The zero-order chi connectivity index (χ0) is 17.7. The van der Waals surface area contributed by atoms with E-state index in [0.29, 0.717) is 11.7 Å². The maximum absolute atomic E-state index is 12.2. The highest BCUT2D eigenvalue weighted by molar-refractivity contribution is 7.14. The van der Waals surface area contributed by atoms with E-state index in [2.05, 4.69) is 46.6 Å². The molecule has 5 nitrogen and oxygen atoms in total. The van der Waals surface area contributed by atoms with E-state index in [1.54, 1.807) is 12.4 Å². The Morgan fingerprint density at radius 2 is 1.96 bits per heavy atom. The van der Waals surface area contributed by atoms with Gasteiger partial charge in [0.25, 0.3) is 0 Å². The van der Waals surface area contributed by atoms with Crippen LogP contribution < -0.4 is 10.6 Å². The molecule has 0 unspecified atom stereocenters. The number of hydrogen-bond donors (Lipinski definition) is 2. The summed E-state index contributed by atoms with van der Waals surface area (Å²) in [4.78, 5) is 20.7. The number of carbonyl (C=O) groups is 1. The summed E-state index contributed by atoms with van der Waals surface area (Å²) in [6, 6.07) is 13.7. The molecule has 0 atom stereocenters. The molecule has 2 N–H and O–H groups in total. The lowest BCUT2D eigenvalue weighted by atomic mass is 9.85. The maximum Gasteiger partial charge on any atom is 0.321 e. The smallest absolute Gasteiger partial charge is 0.321 e. The minimum absolute atomic E-state index is 0.150. The molecule has 25 heavy (non-hydrogen) atoms. The summed E-state index contributed by atoms with van der Waals surface area (Å²) in [5.74, 6) is 0. The molecular formula is C19H20N4OS. The highest BCUT2D eigenvalue weighted by Gasteiger charge is 2.21. The Hall–Kier alpha value is -2.73. The van der Waals surface area contributed by atoms with Crippen molar-refractivity contribution in [1.82, 2.24) is 15.3 Å². The number of pyridine rings is 1. The first-order chi connectivity index (χ1) is 12.0. The van der Waals surface area contributed by atoms with Crippen molar-refractivity contribution in [2.24, 2.45) is 0 Å². The number of nitrogens with zero attached hydrogens (tertiary/aromatic N) is 2. The highest BCUT2D eigenvalue weighted by atomic mass is 32.1. The predicted molar refractivity (Wildman–Crippen MR) is 102 cm³/mol. The van der Waals surface area contributed by atoms with Gasteiger partial charge in [0.15, 0.2) is 5.13 Å². The van der Waals surface area contributed by atoms with Crippen LogP contribution in [-0.2, 0) is 5.41 Å². The van der Waals surface area contributed by atoms with Gasteiger partial charge in [-0.3, -0.25) is 10.3 Å². The summed E-state index contributed by atoms with van der Waals surface area (Å²) < 4.78 is 0. The summed E-state index contributed by atoms with van der Waals surface area (Å²) in [5.41, 5.74) is 2.77. The second-order valence-electron chi connectivity index (χ2n) is 6.34. The quantitative estimate of drug-likeness (QED) is 0.719. The maximum atomic E-state index is 12.2. The molecule has 3 aromatic rings. The largest absolute Gasteiger partial charge is 0.337 e. The number of rotatable bonds is 5. The average Bonchev–Trinajstić information content (AvgIpc) is 3.10. The molecule has 128 valence electrons. The minimum atomic E-state index is -0.254. The van der Waals surface area contributed by atoms with Gasteiger partial charge in [-0.1, -0.05) is 44.2 Å². The Labute approximate surface area is 151 Å². The second kappa shape index (κ2) is 7.44. The molecule has 0 fully saturated rings. The second-order valence-corrected chi connectivity index (χ2v) is 7.20. The Morgan fingerprint density at radius 3 is 2.68 bits per heavy atom. The molecule has 6 heteroatoms. The van der Waals surface area contributed by atoms with Crippen LogP contribution in [0.4, 0.5) is 9.93 Å². The van der Waals surface area contributed by atoms with Crippen LogP contribution in [-0.4, -0.2) is 22.5 Å². The number of carbonyl (C=O) groups excluding carboxylic acids is 1. The lowest BCUT2D eigenvalue weighted by molar-refractivity contribution is 0.249. The number of hydrogen-bond acceptors (Lipinski definition) is 4. The van der Waals surface area contributed by atoms with Gasteiger partial charge in [0.2, 0.25) is 0 Å². The van der Waals surface area contributed by atoms with Crippen LogP contribution in [0.5, 0.6) is 0 Å². The van der Waals surface area contributed by atoms with Crippen molar-refractivity contribution >= 4 is 22.5 Å². The van der Waals surface area contributed by atoms with Crippen LogP contribution in [0.25, 0.3) is 11.3 Å². The Balaban J connectivity index is 1.57. The van der Waals surface area contributed by atoms with Crippen LogP contribution in [0.2, 0.25) is 0 Å². The van der Waals surface area contributed by atoms with Crippen LogP contribution >= 0.6 is 11.3 Å². The molecule has 2 amide bonds. The molecule has 0 radical (unpaired) electrons. The van der Waals surface area contributed by atoms with Crippen molar-refractivity contribution < 1.29 is 4.79 Å². The molecule has 0 aliphatic carbocycles. The molecule has 1 aromatic carbocycles. The van der Waals surface area contributed by atoms with Crippen molar-refractivity contribution in [3.8, 4) is 11.3 Å². The molecule has 0 bridgehead atoms. The van der Waals surface area contributed by atoms with Crippen LogP contribution in [0.15, 0.2) is 60.2 Å². The van der Waals surface area contributed by atoms with Crippen LogP contribution in [0.3, 0.4) is 0 Å². The molecule has 0 saturated carbocycles. The summed E-state index contributed by atoms with van der Waals surface area (Å²) in [6.07, 6.45) is 3.47. The topological polar surface area (TPSA) is 66.9 Å². The first kappa shape index (κ1) is 17.1. The number of aromatic nitrogens is 2. The number of benzene rings is 1. The van der Waals surface area contributed by atoms with Gasteiger partial charge in [-0.15, -0.1) is 11.3 Å². The fraction of sp³-hybridized carbons (Fsp3) is 0.211.